The van der Waals surface area contributed by atoms with Crippen LogP contribution in [0, 0.1) is 0 Å². The number of ether oxygens (including phenoxy) is 1. The molecule has 0 atom stereocenters. The number of para-hydroxylation sites is 1. The Morgan fingerprint density at radius 3 is 2.44 bits per heavy atom. The Bertz CT molecular complexity index is 1390. The van der Waals surface area contributed by atoms with E-state index in [2.05, 4.69) is 28.2 Å². The van der Waals surface area contributed by atoms with Gasteiger partial charge in [0.1, 0.15) is 11.6 Å². The summed E-state index contributed by atoms with van der Waals surface area (Å²) in [7, 11) is 1.61. The lowest BCUT2D eigenvalue weighted by Crippen LogP contribution is -2.38. The fourth-order valence-corrected chi connectivity index (χ4v) is 4.24. The van der Waals surface area contributed by atoms with Crippen molar-refractivity contribution in [3.8, 4) is 11.4 Å². The summed E-state index contributed by atoms with van der Waals surface area (Å²) in [6.07, 6.45) is 2.26. The van der Waals surface area contributed by atoms with Gasteiger partial charge in [0.25, 0.3) is 5.56 Å². The second kappa shape index (κ2) is 11.9. The zero-order valence-corrected chi connectivity index (χ0v) is 22.0. The molecule has 0 unspecified atom stereocenters. The number of aromatic nitrogens is 2. The molecule has 0 aliphatic heterocycles. The summed E-state index contributed by atoms with van der Waals surface area (Å²) < 4.78 is 7.77. The third kappa shape index (κ3) is 5.94. The van der Waals surface area contributed by atoms with Gasteiger partial charge in [0.15, 0.2) is 0 Å². The van der Waals surface area contributed by atoms with Gasteiger partial charge in [-0.2, -0.15) is 0 Å². The van der Waals surface area contributed by atoms with E-state index in [1.54, 1.807) is 22.6 Å². The fraction of sp³-hybridized carbons (Fsp3) is 0.250. The third-order valence-corrected chi connectivity index (χ3v) is 6.47. The molecule has 0 bridgehead atoms. The molecule has 2 amide bonds. The highest BCUT2D eigenvalue weighted by molar-refractivity contribution is 9.10. The molecule has 186 valence electrons. The van der Waals surface area contributed by atoms with Crippen molar-refractivity contribution in [3.05, 3.63) is 93.4 Å². The van der Waals surface area contributed by atoms with Gasteiger partial charge in [-0.3, -0.25) is 9.36 Å². The Morgan fingerprint density at radius 2 is 1.75 bits per heavy atom. The minimum absolute atomic E-state index is 0.124. The van der Waals surface area contributed by atoms with Crippen molar-refractivity contribution in [1.82, 2.24) is 14.5 Å². The summed E-state index contributed by atoms with van der Waals surface area (Å²) in [5, 5.41) is 3.53. The van der Waals surface area contributed by atoms with E-state index < -0.39 is 0 Å². The normalized spacial score (nSPS) is 10.9. The first-order chi connectivity index (χ1) is 17.5. The molecule has 3 aromatic carbocycles. The van der Waals surface area contributed by atoms with E-state index in [0.717, 1.165) is 28.8 Å². The van der Waals surface area contributed by atoms with Crippen molar-refractivity contribution in [1.29, 1.82) is 0 Å². The lowest BCUT2D eigenvalue weighted by molar-refractivity contribution is 0.211. The van der Waals surface area contributed by atoms with Gasteiger partial charge in [-0.1, -0.05) is 41.4 Å². The highest BCUT2D eigenvalue weighted by atomic mass is 79.9. The lowest BCUT2D eigenvalue weighted by atomic mass is 10.2. The predicted molar refractivity (Wildman–Crippen MR) is 147 cm³/mol. The maximum atomic E-state index is 13.5. The van der Waals surface area contributed by atoms with Gasteiger partial charge in [-0.05, 0) is 67.1 Å². The number of nitrogens with zero attached hydrogens (tertiary/aromatic N) is 3. The third-order valence-electron chi connectivity index (χ3n) is 5.95. The fourth-order valence-electron chi connectivity index (χ4n) is 3.98. The molecule has 0 saturated carbocycles. The highest BCUT2D eigenvalue weighted by Crippen LogP contribution is 2.18. The van der Waals surface area contributed by atoms with Crippen LogP contribution in [0.1, 0.15) is 25.6 Å². The second-order valence-electron chi connectivity index (χ2n) is 8.41. The van der Waals surface area contributed by atoms with Crippen LogP contribution in [0.4, 0.5) is 10.5 Å². The maximum Gasteiger partial charge on any atom is 0.321 e. The Morgan fingerprint density at radius 1 is 1.03 bits per heavy atom. The summed E-state index contributed by atoms with van der Waals surface area (Å²) in [6.45, 7) is 3.12. The number of fused-ring (bicyclic) bond motifs is 1. The predicted octanol–water partition coefficient (Wildman–Crippen LogP) is 6.03. The molecular weight excluding hydrogens is 520 g/mol. The number of benzene rings is 3. The van der Waals surface area contributed by atoms with Crippen LogP contribution in [0.5, 0.6) is 5.75 Å². The van der Waals surface area contributed by atoms with E-state index in [-0.39, 0.29) is 11.6 Å². The molecule has 7 nitrogen and oxygen atoms in total. The molecule has 36 heavy (non-hydrogen) atoms. The van der Waals surface area contributed by atoms with E-state index in [1.165, 1.54) is 0 Å². The number of methoxy groups -OCH3 is 1. The van der Waals surface area contributed by atoms with Crippen LogP contribution in [0.15, 0.2) is 82.1 Å². The minimum Gasteiger partial charge on any atom is -0.497 e. The smallest absolute Gasteiger partial charge is 0.321 e. The molecular formula is C28H29BrN4O3. The van der Waals surface area contributed by atoms with Gasteiger partial charge in [0.05, 0.1) is 23.7 Å². The first kappa shape index (κ1) is 25.4. The standard InChI is InChI=1S/C28H29BrN4O3/c1-3-4-18-32(28(35)30-21-11-15-23(36-2)16-12-21)19-17-26-31-25-8-6-5-7-24(25)27(34)33(26)22-13-9-20(29)10-14-22/h5-16H,3-4,17-19H2,1-2H3,(H,30,35). The molecule has 0 aliphatic carbocycles. The number of carbonyl (C=O) groups excluding carboxylic acids is 1. The highest BCUT2D eigenvalue weighted by Gasteiger charge is 2.17. The van der Waals surface area contributed by atoms with E-state index in [9.17, 15) is 9.59 Å². The second-order valence-corrected chi connectivity index (χ2v) is 9.33. The monoisotopic (exact) mass is 548 g/mol. The van der Waals surface area contributed by atoms with Crippen LogP contribution >= 0.6 is 15.9 Å². The number of nitrogens with one attached hydrogen (secondary N) is 1. The molecule has 0 aliphatic rings. The zero-order chi connectivity index (χ0) is 25.5. The van der Waals surface area contributed by atoms with E-state index in [4.69, 9.17) is 9.72 Å². The number of carbonyl (C=O) groups is 1. The molecule has 4 aromatic rings. The quantitative estimate of drug-likeness (QED) is 0.277. The molecule has 0 radical (unpaired) electrons. The van der Waals surface area contributed by atoms with Gasteiger partial charge >= 0.3 is 6.03 Å². The molecule has 1 heterocycles. The minimum atomic E-state index is -0.188. The topological polar surface area (TPSA) is 76.5 Å². The zero-order valence-electron chi connectivity index (χ0n) is 20.4. The van der Waals surface area contributed by atoms with E-state index in [0.29, 0.717) is 41.9 Å². The number of halogens is 1. The average Bonchev–Trinajstić information content (AvgIpc) is 2.90. The Balaban J connectivity index is 1.63. The summed E-state index contributed by atoms with van der Waals surface area (Å²) in [4.78, 5) is 33.2. The lowest BCUT2D eigenvalue weighted by Gasteiger charge is -2.24. The molecule has 4 rings (SSSR count). The first-order valence-corrected chi connectivity index (χ1v) is 12.8. The van der Waals surface area contributed by atoms with Gasteiger partial charge < -0.3 is 15.0 Å². The van der Waals surface area contributed by atoms with Gasteiger partial charge in [-0.15, -0.1) is 0 Å². The average molecular weight is 549 g/mol. The van der Waals surface area contributed by atoms with Gasteiger partial charge in [0, 0.05) is 29.7 Å². The number of rotatable bonds is 9. The molecule has 0 saturated heterocycles. The molecule has 1 N–H and O–H groups in total. The molecule has 0 fully saturated rings. The summed E-state index contributed by atoms with van der Waals surface area (Å²) in [6, 6.07) is 22.0. The number of anilines is 1. The van der Waals surface area contributed by atoms with E-state index >= 15 is 0 Å². The van der Waals surface area contributed by atoms with Crippen molar-refractivity contribution in [3.63, 3.8) is 0 Å². The first-order valence-electron chi connectivity index (χ1n) is 12.0. The van der Waals surface area contributed by atoms with Crippen LogP contribution in [-0.2, 0) is 6.42 Å². The van der Waals surface area contributed by atoms with Crippen molar-refractivity contribution in [2.45, 2.75) is 26.2 Å². The van der Waals surface area contributed by atoms with Crippen molar-refractivity contribution in [2.24, 2.45) is 0 Å². The van der Waals surface area contributed by atoms with E-state index in [1.807, 2.05) is 66.7 Å². The largest absolute Gasteiger partial charge is 0.497 e. The molecule has 1 aromatic heterocycles. The van der Waals surface area contributed by atoms with Crippen molar-refractivity contribution >= 4 is 38.6 Å². The number of hydrogen-bond donors (Lipinski definition) is 1. The Labute approximate surface area is 218 Å². The Kier molecular flexibility index (Phi) is 8.38. The van der Waals surface area contributed by atoms with Gasteiger partial charge in [0.2, 0.25) is 0 Å². The summed E-state index contributed by atoms with van der Waals surface area (Å²) in [5.74, 6) is 1.34. The number of hydrogen-bond acceptors (Lipinski definition) is 4. The van der Waals surface area contributed by atoms with Crippen LogP contribution in [-0.4, -0.2) is 40.7 Å². The van der Waals surface area contributed by atoms with Crippen LogP contribution in [0.2, 0.25) is 0 Å². The van der Waals surface area contributed by atoms with Crippen molar-refractivity contribution in [2.75, 3.05) is 25.5 Å². The number of urea groups is 1. The van der Waals surface area contributed by atoms with Crippen LogP contribution in [0.25, 0.3) is 16.6 Å². The van der Waals surface area contributed by atoms with Crippen LogP contribution < -0.4 is 15.6 Å². The molecule has 8 heteroatoms. The number of unbranched alkanes of at least 4 members (excludes halogenated alkanes) is 1. The SMILES string of the molecule is CCCCN(CCc1nc2ccccc2c(=O)n1-c1ccc(Br)cc1)C(=O)Nc1ccc(OC)cc1. The van der Waals surface area contributed by atoms with Crippen LogP contribution in [0.3, 0.4) is 0 Å². The van der Waals surface area contributed by atoms with Crippen molar-refractivity contribution < 1.29 is 9.53 Å². The maximum absolute atomic E-state index is 13.5. The summed E-state index contributed by atoms with van der Waals surface area (Å²) in [5.41, 5.74) is 1.95. The summed E-state index contributed by atoms with van der Waals surface area (Å²) >= 11 is 3.46. The number of amides is 2. The molecule has 0 spiro atoms. The Hall–Kier alpha value is -3.65. The van der Waals surface area contributed by atoms with Gasteiger partial charge in [-0.25, -0.2) is 9.78 Å².